The van der Waals surface area contributed by atoms with Gasteiger partial charge in [0.15, 0.2) is 0 Å². The van der Waals surface area contributed by atoms with Gasteiger partial charge in [0, 0.05) is 71.9 Å². The molecule has 14 heteroatoms. The number of amides is 2. The average molecular weight is 619 g/mol. The molecule has 43 heavy (non-hydrogen) atoms. The van der Waals surface area contributed by atoms with Gasteiger partial charge in [-0.25, -0.2) is 0 Å². The fourth-order valence-corrected chi connectivity index (χ4v) is 4.34. The first-order chi connectivity index (χ1) is 20.6. The van der Waals surface area contributed by atoms with Crippen LogP contribution in [0.4, 0.5) is 0 Å². The summed E-state index contributed by atoms with van der Waals surface area (Å²) in [6.45, 7) is 14.6. The molecule has 1 heterocycles. The number of carbonyl (C=O) groups excluding carboxylic acids is 2. The van der Waals surface area contributed by atoms with Gasteiger partial charge in [0.25, 0.3) is 6.47 Å². The maximum absolute atomic E-state index is 12.6. The first kappa shape index (κ1) is 42.3. The van der Waals surface area contributed by atoms with Gasteiger partial charge in [-0.3, -0.25) is 38.7 Å². The molecule has 0 saturated carbocycles. The van der Waals surface area contributed by atoms with E-state index in [0.717, 1.165) is 51.7 Å². The summed E-state index contributed by atoms with van der Waals surface area (Å²) in [6, 6.07) is 0. The summed E-state index contributed by atoms with van der Waals surface area (Å²) in [7, 11) is 0. The fourth-order valence-electron chi connectivity index (χ4n) is 4.34. The van der Waals surface area contributed by atoms with E-state index in [4.69, 9.17) is 9.90 Å². The summed E-state index contributed by atoms with van der Waals surface area (Å²) in [5.74, 6) is -1.85. The molecule has 5 N–H and O–H groups in total. The molecule has 1 aliphatic heterocycles. The van der Waals surface area contributed by atoms with Crippen molar-refractivity contribution >= 4 is 30.2 Å². The molecule has 0 unspecified atom stereocenters. The molecule has 2 amide bonds. The van der Waals surface area contributed by atoms with Crippen LogP contribution >= 0.6 is 0 Å². The van der Waals surface area contributed by atoms with Crippen molar-refractivity contribution in [2.24, 2.45) is 0 Å². The normalized spacial score (nSPS) is 15.7. The second kappa shape index (κ2) is 29.3. The lowest BCUT2D eigenvalue weighted by molar-refractivity contribution is -0.140. The van der Waals surface area contributed by atoms with Gasteiger partial charge >= 0.3 is 11.9 Å². The third-order valence-corrected chi connectivity index (χ3v) is 6.72. The van der Waals surface area contributed by atoms with E-state index in [9.17, 15) is 29.4 Å². The number of carbonyl (C=O) groups is 5. The van der Waals surface area contributed by atoms with Crippen LogP contribution in [0.2, 0.25) is 0 Å². The van der Waals surface area contributed by atoms with Crippen LogP contribution in [0.5, 0.6) is 0 Å². The molecule has 1 fully saturated rings. The maximum Gasteiger partial charge on any atom is 0.317 e. The Hall–Kier alpha value is -2.81. The largest absolute Gasteiger partial charge is 0.483 e. The van der Waals surface area contributed by atoms with Gasteiger partial charge < -0.3 is 30.9 Å². The van der Waals surface area contributed by atoms with Crippen molar-refractivity contribution in [1.82, 2.24) is 30.2 Å². The lowest BCUT2D eigenvalue weighted by atomic mass is 10.2. The molecule has 0 spiro atoms. The van der Waals surface area contributed by atoms with Crippen molar-refractivity contribution in [3.63, 3.8) is 0 Å². The highest BCUT2D eigenvalue weighted by Crippen LogP contribution is 2.02. The van der Waals surface area contributed by atoms with Crippen LogP contribution in [-0.2, 0) is 24.0 Å². The Kier molecular flexibility index (Phi) is 28.8. The minimum atomic E-state index is -0.932. The smallest absolute Gasteiger partial charge is 0.317 e. The van der Waals surface area contributed by atoms with Crippen molar-refractivity contribution in [1.29, 1.82) is 0 Å². The number of nitrogens with one attached hydrogen (secondary N) is 2. The monoisotopic (exact) mass is 618 g/mol. The predicted molar refractivity (Wildman–Crippen MR) is 166 cm³/mol. The van der Waals surface area contributed by atoms with Crippen molar-refractivity contribution in [3.05, 3.63) is 0 Å². The highest BCUT2D eigenvalue weighted by atomic mass is 16.4. The number of likely N-dealkylation sites (N-methyl/N-ethyl adjacent to an activating group) is 1. The van der Waals surface area contributed by atoms with Crippen LogP contribution in [0.15, 0.2) is 0 Å². The first-order valence-electron chi connectivity index (χ1n) is 15.6. The van der Waals surface area contributed by atoms with Crippen molar-refractivity contribution < 1.29 is 39.3 Å². The fraction of sp³-hybridized carbons (Fsp3) is 0.828. The number of nitrogens with zero attached hydrogens (tertiary/aromatic N) is 4. The van der Waals surface area contributed by atoms with Crippen LogP contribution in [0.3, 0.4) is 0 Å². The van der Waals surface area contributed by atoms with Gasteiger partial charge in [-0.2, -0.15) is 0 Å². The van der Waals surface area contributed by atoms with E-state index in [2.05, 4.69) is 29.4 Å². The number of aliphatic carboxylic acids is 2. The quantitative estimate of drug-likeness (QED) is 0.121. The lowest BCUT2D eigenvalue weighted by Gasteiger charge is -2.33. The third-order valence-electron chi connectivity index (χ3n) is 6.72. The van der Waals surface area contributed by atoms with E-state index < -0.39 is 11.9 Å². The molecular formula is C29H58N6O8. The average Bonchev–Trinajstić information content (AvgIpc) is 2.96. The molecule has 1 aliphatic rings. The molecule has 0 aromatic rings. The van der Waals surface area contributed by atoms with E-state index in [-0.39, 0.29) is 37.9 Å². The topological polar surface area (TPSA) is 183 Å². The van der Waals surface area contributed by atoms with Gasteiger partial charge in [0.1, 0.15) is 0 Å². The first-order valence-corrected chi connectivity index (χ1v) is 15.6. The zero-order chi connectivity index (χ0) is 32.9. The van der Waals surface area contributed by atoms with Gasteiger partial charge in [0.2, 0.25) is 11.8 Å². The van der Waals surface area contributed by atoms with E-state index in [1.807, 2.05) is 23.6 Å². The Labute approximate surface area is 257 Å². The van der Waals surface area contributed by atoms with E-state index in [1.165, 1.54) is 0 Å². The van der Waals surface area contributed by atoms with Crippen molar-refractivity contribution in [2.75, 3.05) is 91.6 Å². The van der Waals surface area contributed by atoms with Crippen molar-refractivity contribution in [3.8, 4) is 0 Å². The van der Waals surface area contributed by atoms with Crippen LogP contribution in [0, 0.1) is 0 Å². The summed E-state index contributed by atoms with van der Waals surface area (Å²) in [4.78, 5) is 63.4. The SMILES string of the molecule is CC.CCCCCNC(=O)CCCCNC(=O)CN1CCN(CC)CCN(CC(=O)O)CCN(CC(=O)O)CC1.O=CO. The van der Waals surface area contributed by atoms with Crippen LogP contribution in [0.1, 0.15) is 66.2 Å². The summed E-state index contributed by atoms with van der Waals surface area (Å²) in [6.07, 6.45) is 5.15. The molecule has 0 aliphatic carbocycles. The van der Waals surface area contributed by atoms with Crippen LogP contribution < -0.4 is 10.6 Å². The second-order valence-electron chi connectivity index (χ2n) is 10.0. The predicted octanol–water partition coefficient (Wildman–Crippen LogP) is 0.717. The Balaban J connectivity index is 0. The molecule has 0 aromatic heterocycles. The van der Waals surface area contributed by atoms with Gasteiger partial charge in [-0.15, -0.1) is 0 Å². The molecular weight excluding hydrogens is 560 g/mol. The minimum Gasteiger partial charge on any atom is -0.483 e. The number of hydrogen-bond acceptors (Lipinski definition) is 9. The minimum absolute atomic E-state index is 0.0595. The summed E-state index contributed by atoms with van der Waals surface area (Å²) >= 11 is 0. The number of carboxylic acids is 2. The molecule has 1 rings (SSSR count). The zero-order valence-electron chi connectivity index (χ0n) is 26.9. The highest BCUT2D eigenvalue weighted by Gasteiger charge is 2.19. The third kappa shape index (κ3) is 26.5. The van der Waals surface area contributed by atoms with Gasteiger partial charge in [0.05, 0.1) is 19.6 Å². The van der Waals surface area contributed by atoms with E-state index in [1.54, 1.807) is 4.90 Å². The summed E-state index contributed by atoms with van der Waals surface area (Å²) < 4.78 is 0. The summed E-state index contributed by atoms with van der Waals surface area (Å²) in [5, 5.41) is 31.3. The molecule has 1 saturated heterocycles. The molecule has 0 bridgehead atoms. The van der Waals surface area contributed by atoms with Crippen molar-refractivity contribution in [2.45, 2.75) is 66.2 Å². The Morgan fingerprint density at radius 1 is 0.628 bits per heavy atom. The number of carboxylic acid groups (broad SMARTS) is 3. The second-order valence-corrected chi connectivity index (χ2v) is 10.0. The lowest BCUT2D eigenvalue weighted by Crippen LogP contribution is -2.49. The van der Waals surface area contributed by atoms with Crippen LogP contribution in [0.25, 0.3) is 0 Å². The Morgan fingerprint density at radius 2 is 1.00 bits per heavy atom. The molecule has 0 atom stereocenters. The zero-order valence-corrected chi connectivity index (χ0v) is 26.9. The van der Waals surface area contributed by atoms with E-state index >= 15 is 0 Å². The van der Waals surface area contributed by atoms with E-state index in [0.29, 0.717) is 58.8 Å². The van der Waals surface area contributed by atoms with Crippen LogP contribution in [-0.4, -0.2) is 157 Å². The molecule has 0 aromatic carbocycles. The standard InChI is InChI=1S/C26H50N6O6.C2H6.CH2O2/c1-3-5-7-10-27-23(33)9-6-8-11-28-24(34)20-30-14-12-29(4-2)13-15-31(21-25(35)36)18-19-32(17-16-30)22-26(37)38;1-2;2-1-3/h3-22H2,1-2H3,(H,27,33)(H,28,34)(H,35,36)(H,37,38);1-2H3;1H,(H,2,3). The Morgan fingerprint density at radius 3 is 1.40 bits per heavy atom. The highest BCUT2D eigenvalue weighted by molar-refractivity contribution is 5.78. The number of rotatable bonds is 16. The van der Waals surface area contributed by atoms with Gasteiger partial charge in [-0.05, 0) is 25.8 Å². The number of unbranched alkanes of at least 4 members (excludes halogenated alkanes) is 3. The van der Waals surface area contributed by atoms with Gasteiger partial charge in [-0.1, -0.05) is 40.5 Å². The molecule has 252 valence electrons. The molecule has 14 nitrogen and oxygen atoms in total. The maximum atomic E-state index is 12.6. The number of hydrogen-bond donors (Lipinski definition) is 5. The summed E-state index contributed by atoms with van der Waals surface area (Å²) in [5.41, 5.74) is 0. The molecule has 0 radical (unpaired) electrons. The Bertz CT molecular complexity index is 758.